The number of thiazole rings is 1. The number of nitrogens with zero attached hydrogens (tertiary/aromatic N) is 1. The van der Waals surface area contributed by atoms with Gasteiger partial charge in [-0.2, -0.15) is 0 Å². The number of aromatic nitrogens is 1. The second-order valence-electron chi connectivity index (χ2n) is 6.86. The van der Waals surface area contributed by atoms with Gasteiger partial charge in [-0.15, -0.1) is 11.3 Å². The number of rotatable bonds is 9. The first-order valence-corrected chi connectivity index (χ1v) is 9.13. The average molecular weight is 337 g/mol. The first-order valence-electron chi connectivity index (χ1n) is 8.25. The van der Waals surface area contributed by atoms with Crippen molar-refractivity contribution in [3.05, 3.63) is 21.7 Å². The highest BCUT2D eigenvalue weighted by Crippen LogP contribution is 2.44. The lowest BCUT2D eigenvalue weighted by atomic mass is 9.93. The number of epoxide rings is 1. The van der Waals surface area contributed by atoms with Gasteiger partial charge in [0.05, 0.1) is 28.5 Å². The standard InChI is InChI=1S/C18H27NO3S/c1-12(10-20)6-5-7-18(4)17(22-18)9-16(21)13(2)8-15-11-23-14(3)19-15/h8,10-12,16-17,21H,5-7,9H2,1-4H3/t12-,16-,17-,18+/m0/s1. The maximum absolute atomic E-state index is 10.6. The summed E-state index contributed by atoms with van der Waals surface area (Å²) >= 11 is 1.61. The van der Waals surface area contributed by atoms with Gasteiger partial charge in [0.15, 0.2) is 0 Å². The number of aliphatic hydroxyl groups is 1. The maximum atomic E-state index is 10.6. The molecule has 2 heterocycles. The molecule has 1 aliphatic heterocycles. The van der Waals surface area contributed by atoms with Crippen LogP contribution in [0.25, 0.3) is 6.08 Å². The highest BCUT2D eigenvalue weighted by molar-refractivity contribution is 7.09. The van der Waals surface area contributed by atoms with Gasteiger partial charge in [-0.1, -0.05) is 6.92 Å². The molecule has 0 amide bonds. The van der Waals surface area contributed by atoms with Gasteiger partial charge in [0.2, 0.25) is 0 Å². The molecule has 0 saturated carbocycles. The number of carbonyl (C=O) groups excluding carboxylic acids is 1. The number of aldehydes is 1. The molecular weight excluding hydrogens is 310 g/mol. The predicted octanol–water partition coefficient (Wildman–Crippen LogP) is 3.77. The van der Waals surface area contributed by atoms with E-state index < -0.39 is 6.10 Å². The number of hydrogen-bond donors (Lipinski definition) is 1. The fourth-order valence-electron chi connectivity index (χ4n) is 2.82. The van der Waals surface area contributed by atoms with E-state index in [1.54, 1.807) is 11.3 Å². The number of carbonyl (C=O) groups is 1. The molecule has 128 valence electrons. The van der Waals surface area contributed by atoms with E-state index in [1.807, 2.05) is 32.2 Å². The highest BCUT2D eigenvalue weighted by Gasteiger charge is 2.51. The second-order valence-corrected chi connectivity index (χ2v) is 7.92. The SMILES string of the molecule is CC(=Cc1csc(C)n1)[C@@H](O)C[C@@H]1O[C@]1(C)CCC[C@H](C)C=O. The third-order valence-electron chi connectivity index (χ3n) is 4.58. The average Bonchev–Trinajstić information content (AvgIpc) is 2.93. The lowest BCUT2D eigenvalue weighted by molar-refractivity contribution is -0.110. The molecule has 0 spiro atoms. The molecule has 1 fully saturated rings. The van der Waals surface area contributed by atoms with Crippen LogP contribution in [-0.4, -0.2) is 34.2 Å². The maximum Gasteiger partial charge on any atom is 0.122 e. The largest absolute Gasteiger partial charge is 0.389 e. The van der Waals surface area contributed by atoms with Crippen LogP contribution in [0.2, 0.25) is 0 Å². The third-order valence-corrected chi connectivity index (χ3v) is 5.37. The molecule has 0 aromatic carbocycles. The summed E-state index contributed by atoms with van der Waals surface area (Å²) in [5.74, 6) is 0.119. The van der Waals surface area contributed by atoms with Crippen LogP contribution in [0.5, 0.6) is 0 Å². The van der Waals surface area contributed by atoms with Crippen LogP contribution in [0.4, 0.5) is 0 Å². The van der Waals surface area contributed by atoms with Crippen LogP contribution < -0.4 is 0 Å². The number of hydrogen-bond acceptors (Lipinski definition) is 5. The van der Waals surface area contributed by atoms with Gasteiger partial charge in [-0.05, 0) is 51.7 Å². The van der Waals surface area contributed by atoms with Gasteiger partial charge in [-0.25, -0.2) is 4.98 Å². The van der Waals surface area contributed by atoms with E-state index in [1.165, 1.54) is 0 Å². The summed E-state index contributed by atoms with van der Waals surface area (Å²) in [6.45, 7) is 7.95. The van der Waals surface area contributed by atoms with Crippen molar-refractivity contribution in [1.82, 2.24) is 4.98 Å². The van der Waals surface area contributed by atoms with Gasteiger partial charge in [0.1, 0.15) is 6.29 Å². The predicted molar refractivity (Wildman–Crippen MR) is 93.5 cm³/mol. The summed E-state index contributed by atoms with van der Waals surface area (Å²) in [6, 6.07) is 0. The Morgan fingerprint density at radius 3 is 2.96 bits per heavy atom. The summed E-state index contributed by atoms with van der Waals surface area (Å²) in [4.78, 5) is 15.0. The summed E-state index contributed by atoms with van der Waals surface area (Å²) in [5.41, 5.74) is 1.69. The third kappa shape index (κ3) is 5.23. The Balaban J connectivity index is 1.79. The van der Waals surface area contributed by atoms with Crippen LogP contribution in [0.15, 0.2) is 11.0 Å². The van der Waals surface area contributed by atoms with Crippen LogP contribution >= 0.6 is 11.3 Å². The fourth-order valence-corrected chi connectivity index (χ4v) is 3.39. The van der Waals surface area contributed by atoms with Gasteiger partial charge in [0, 0.05) is 17.7 Å². The molecule has 0 radical (unpaired) electrons. The lowest BCUT2D eigenvalue weighted by Gasteiger charge is -2.11. The minimum Gasteiger partial charge on any atom is -0.389 e. The van der Waals surface area contributed by atoms with Crippen molar-refractivity contribution in [2.24, 2.45) is 5.92 Å². The molecule has 2 rings (SSSR count). The molecule has 4 atom stereocenters. The van der Waals surface area contributed by atoms with E-state index >= 15 is 0 Å². The summed E-state index contributed by atoms with van der Waals surface area (Å²) in [6.07, 6.45) is 5.99. The second kappa shape index (κ2) is 7.69. The zero-order chi connectivity index (χ0) is 17.0. The minimum absolute atomic E-state index is 0.101. The van der Waals surface area contributed by atoms with Gasteiger partial charge >= 0.3 is 0 Å². The van der Waals surface area contributed by atoms with Crippen molar-refractivity contribution < 1.29 is 14.6 Å². The zero-order valence-electron chi connectivity index (χ0n) is 14.4. The van der Waals surface area contributed by atoms with Gasteiger partial charge in [0.25, 0.3) is 0 Å². The van der Waals surface area contributed by atoms with E-state index in [9.17, 15) is 9.90 Å². The van der Waals surface area contributed by atoms with Crippen molar-refractivity contribution in [1.29, 1.82) is 0 Å². The Morgan fingerprint density at radius 2 is 2.35 bits per heavy atom. The smallest absolute Gasteiger partial charge is 0.122 e. The fraction of sp³-hybridized carbons (Fsp3) is 0.667. The molecule has 1 aromatic heterocycles. The Hall–Kier alpha value is -1.04. The Morgan fingerprint density at radius 1 is 1.61 bits per heavy atom. The molecule has 4 nitrogen and oxygen atoms in total. The first-order chi connectivity index (χ1) is 10.8. The van der Waals surface area contributed by atoms with Crippen LogP contribution in [0.3, 0.4) is 0 Å². The van der Waals surface area contributed by atoms with Crippen molar-refractivity contribution in [3.63, 3.8) is 0 Å². The van der Waals surface area contributed by atoms with Crippen LogP contribution in [0.1, 0.15) is 57.2 Å². The highest BCUT2D eigenvalue weighted by atomic mass is 32.1. The van der Waals surface area contributed by atoms with Crippen molar-refractivity contribution in [2.75, 3.05) is 0 Å². The molecule has 1 N–H and O–H groups in total. The topological polar surface area (TPSA) is 62.7 Å². The Labute approximate surface area is 142 Å². The van der Waals surface area contributed by atoms with E-state index in [0.717, 1.165) is 41.8 Å². The van der Waals surface area contributed by atoms with Gasteiger partial charge < -0.3 is 14.6 Å². The molecule has 1 aromatic rings. The van der Waals surface area contributed by atoms with Crippen LogP contribution in [-0.2, 0) is 9.53 Å². The van der Waals surface area contributed by atoms with Crippen molar-refractivity contribution in [3.8, 4) is 0 Å². The number of aryl methyl sites for hydroxylation is 1. The quantitative estimate of drug-likeness (QED) is 0.550. The van der Waals surface area contributed by atoms with Crippen molar-refractivity contribution >= 4 is 23.7 Å². The number of ether oxygens (including phenoxy) is 1. The van der Waals surface area contributed by atoms with E-state index in [0.29, 0.717) is 6.42 Å². The normalized spacial score (nSPS) is 26.8. The summed E-state index contributed by atoms with van der Waals surface area (Å²) in [7, 11) is 0. The lowest BCUT2D eigenvalue weighted by Crippen LogP contribution is -2.17. The van der Waals surface area contributed by atoms with E-state index in [2.05, 4.69) is 11.9 Å². The first kappa shape index (κ1) is 18.3. The number of aliphatic hydroxyl groups excluding tert-OH is 1. The van der Waals surface area contributed by atoms with E-state index in [-0.39, 0.29) is 17.6 Å². The molecule has 0 unspecified atom stereocenters. The molecule has 23 heavy (non-hydrogen) atoms. The molecule has 5 heteroatoms. The zero-order valence-corrected chi connectivity index (χ0v) is 15.2. The summed E-state index contributed by atoms with van der Waals surface area (Å²) in [5, 5.41) is 13.4. The van der Waals surface area contributed by atoms with Crippen molar-refractivity contribution in [2.45, 2.75) is 71.2 Å². The van der Waals surface area contributed by atoms with Gasteiger partial charge in [-0.3, -0.25) is 0 Å². The summed E-state index contributed by atoms with van der Waals surface area (Å²) < 4.78 is 5.81. The molecule has 0 aliphatic carbocycles. The monoisotopic (exact) mass is 337 g/mol. The van der Waals surface area contributed by atoms with Crippen LogP contribution in [0, 0.1) is 12.8 Å². The molecule has 0 bridgehead atoms. The molecule has 1 aliphatic rings. The Bertz CT molecular complexity index is 568. The molecule has 1 saturated heterocycles. The van der Waals surface area contributed by atoms with E-state index in [4.69, 9.17) is 4.74 Å². The molecular formula is C18H27NO3S. The Kier molecular flexibility index (Phi) is 6.12. The minimum atomic E-state index is -0.502.